The van der Waals surface area contributed by atoms with Crippen molar-refractivity contribution in [3.8, 4) is 11.5 Å². The molecule has 5 heterocycles. The zero-order valence-electron chi connectivity index (χ0n) is 22.6. The number of pyridine rings is 1. The van der Waals surface area contributed by atoms with Crippen LogP contribution in [0.1, 0.15) is 5.56 Å². The first-order valence-corrected chi connectivity index (χ1v) is 13.3. The number of anilines is 3. The molecule has 0 spiro atoms. The van der Waals surface area contributed by atoms with Crippen LogP contribution >= 0.6 is 0 Å². The Morgan fingerprint density at radius 1 is 1.10 bits per heavy atom. The number of carbonyl (C=O) groups excluding carboxylic acids is 1. The molecule has 10 nitrogen and oxygen atoms in total. The fourth-order valence-electron chi connectivity index (χ4n) is 5.70. The third-order valence-electron chi connectivity index (χ3n) is 8.00. The maximum atomic E-state index is 15.6. The average Bonchev–Trinajstić information content (AvgIpc) is 3.51. The van der Waals surface area contributed by atoms with Gasteiger partial charge in [0.25, 0.3) is 0 Å². The second-order valence-corrected chi connectivity index (χ2v) is 10.5. The van der Waals surface area contributed by atoms with E-state index in [0.29, 0.717) is 46.4 Å². The highest BCUT2D eigenvalue weighted by molar-refractivity contribution is 5.89. The standard InChI is InChI=1S/C30H27FN8O2/c1-4-27(40)39-13-18-12-38(14-24(18)39)26-10-7-21-29(36-26)30(33-15-32-21)35-20-6-9-25(17(2)28(20)31)41-19-5-8-23-22(11-19)34-16-37(23)3/h4-11,15-16,18,24H,1,12-14H2,2-3H3,(H,32,33,35)/t18-,24-/m0/s1. The zero-order chi connectivity index (χ0) is 28.2. The molecular formula is C30H27FN8O2. The van der Waals surface area contributed by atoms with Crippen LogP contribution in [0.3, 0.4) is 0 Å². The summed E-state index contributed by atoms with van der Waals surface area (Å²) in [6.07, 6.45) is 4.53. The molecule has 41 heavy (non-hydrogen) atoms. The van der Waals surface area contributed by atoms with Crippen LogP contribution in [0.2, 0.25) is 0 Å². The minimum absolute atomic E-state index is 0.0394. The molecule has 0 unspecified atom stereocenters. The van der Waals surface area contributed by atoms with Gasteiger partial charge in [0.05, 0.1) is 34.6 Å². The van der Waals surface area contributed by atoms with Crippen molar-refractivity contribution in [2.45, 2.75) is 13.0 Å². The fraction of sp³-hybridized carbons (Fsp3) is 0.233. The van der Waals surface area contributed by atoms with Crippen LogP contribution in [-0.2, 0) is 11.8 Å². The minimum Gasteiger partial charge on any atom is -0.457 e. The molecule has 0 bridgehead atoms. The van der Waals surface area contributed by atoms with Crippen molar-refractivity contribution < 1.29 is 13.9 Å². The second kappa shape index (κ2) is 9.54. The summed E-state index contributed by atoms with van der Waals surface area (Å²) >= 11 is 0. The Morgan fingerprint density at radius 3 is 2.83 bits per heavy atom. The largest absolute Gasteiger partial charge is 0.457 e. The topological polar surface area (TPSA) is 101 Å². The lowest BCUT2D eigenvalue weighted by Gasteiger charge is -2.42. The van der Waals surface area contributed by atoms with E-state index in [0.717, 1.165) is 29.9 Å². The fourth-order valence-corrected chi connectivity index (χ4v) is 5.70. The zero-order valence-corrected chi connectivity index (χ0v) is 22.6. The van der Waals surface area contributed by atoms with E-state index in [9.17, 15) is 4.79 Å². The maximum Gasteiger partial charge on any atom is 0.246 e. The number of ether oxygens (including phenoxy) is 1. The monoisotopic (exact) mass is 550 g/mol. The minimum atomic E-state index is -0.451. The molecule has 2 aromatic carbocycles. The summed E-state index contributed by atoms with van der Waals surface area (Å²) in [4.78, 5) is 34.0. The summed E-state index contributed by atoms with van der Waals surface area (Å²) in [7, 11) is 1.93. The Hall–Kier alpha value is -5.06. The summed E-state index contributed by atoms with van der Waals surface area (Å²) in [5.74, 6) is 2.06. The van der Waals surface area contributed by atoms with Crippen LogP contribution in [0.5, 0.6) is 11.5 Å². The molecule has 0 saturated carbocycles. The number of benzene rings is 2. The average molecular weight is 551 g/mol. The van der Waals surface area contributed by atoms with Crippen molar-refractivity contribution in [2.24, 2.45) is 13.0 Å². The number of hydrogen-bond donors (Lipinski definition) is 1. The smallest absolute Gasteiger partial charge is 0.246 e. The summed E-state index contributed by atoms with van der Waals surface area (Å²) < 4.78 is 23.5. The lowest BCUT2D eigenvalue weighted by atomic mass is 9.92. The molecule has 2 fully saturated rings. The van der Waals surface area contributed by atoms with Crippen molar-refractivity contribution in [1.82, 2.24) is 29.4 Å². The molecule has 2 aliphatic heterocycles. The predicted molar refractivity (Wildman–Crippen MR) is 154 cm³/mol. The lowest BCUT2D eigenvalue weighted by molar-refractivity contribution is -0.135. The number of nitrogens with zero attached hydrogens (tertiary/aromatic N) is 7. The molecule has 2 saturated heterocycles. The molecule has 0 radical (unpaired) electrons. The molecule has 0 aliphatic carbocycles. The number of likely N-dealkylation sites (tertiary alicyclic amines) is 1. The van der Waals surface area contributed by atoms with Gasteiger partial charge in [-0.1, -0.05) is 6.58 Å². The van der Waals surface area contributed by atoms with Gasteiger partial charge in [-0.15, -0.1) is 0 Å². The first-order chi connectivity index (χ1) is 19.9. The molecule has 7 rings (SSSR count). The van der Waals surface area contributed by atoms with Gasteiger partial charge in [-0.3, -0.25) is 4.79 Å². The van der Waals surface area contributed by atoms with Gasteiger partial charge in [-0.25, -0.2) is 24.3 Å². The number of imidazole rings is 1. The maximum absolute atomic E-state index is 15.6. The van der Waals surface area contributed by atoms with E-state index in [1.807, 2.05) is 46.8 Å². The Kier molecular flexibility index (Phi) is 5.81. The molecule has 1 amide bonds. The summed E-state index contributed by atoms with van der Waals surface area (Å²) in [6.45, 7) is 7.51. The van der Waals surface area contributed by atoms with Crippen molar-refractivity contribution in [1.29, 1.82) is 0 Å². The highest BCUT2D eigenvalue weighted by Gasteiger charge is 2.47. The first kappa shape index (κ1) is 24.9. The van der Waals surface area contributed by atoms with Crippen LogP contribution in [0.15, 0.2) is 67.8 Å². The van der Waals surface area contributed by atoms with Gasteiger partial charge in [0.15, 0.2) is 11.6 Å². The molecule has 1 N–H and O–H groups in total. The number of amides is 1. The SMILES string of the molecule is C=CC(=O)N1C[C@@H]2CN(c3ccc4ncnc(Nc5ccc(Oc6ccc7c(c6)ncn7C)c(C)c5F)c4n3)C[C@@H]21. The van der Waals surface area contributed by atoms with Crippen molar-refractivity contribution in [2.75, 3.05) is 29.9 Å². The molecule has 3 aromatic heterocycles. The molecule has 5 aromatic rings. The second-order valence-electron chi connectivity index (χ2n) is 10.5. The van der Waals surface area contributed by atoms with Gasteiger partial charge in [0.2, 0.25) is 5.91 Å². The van der Waals surface area contributed by atoms with Crippen molar-refractivity contribution >= 4 is 45.3 Å². The Morgan fingerprint density at radius 2 is 1.98 bits per heavy atom. The number of fused-ring (bicyclic) bond motifs is 3. The van der Waals surface area contributed by atoms with Gasteiger partial charge < -0.3 is 24.4 Å². The van der Waals surface area contributed by atoms with E-state index in [1.54, 1.807) is 25.4 Å². The molecule has 206 valence electrons. The summed E-state index contributed by atoms with van der Waals surface area (Å²) in [5.41, 5.74) is 3.56. The number of halogens is 1. The van der Waals surface area contributed by atoms with E-state index in [-0.39, 0.29) is 17.6 Å². The quantitative estimate of drug-likeness (QED) is 0.303. The van der Waals surface area contributed by atoms with Gasteiger partial charge >= 0.3 is 0 Å². The number of aromatic nitrogens is 5. The highest BCUT2D eigenvalue weighted by atomic mass is 19.1. The molecular weight excluding hydrogens is 523 g/mol. The van der Waals surface area contributed by atoms with E-state index in [1.165, 1.54) is 12.4 Å². The van der Waals surface area contributed by atoms with Crippen molar-refractivity contribution in [3.63, 3.8) is 0 Å². The Balaban J connectivity index is 1.13. The number of carbonyl (C=O) groups is 1. The van der Waals surface area contributed by atoms with Gasteiger partial charge in [0, 0.05) is 44.2 Å². The van der Waals surface area contributed by atoms with Crippen LogP contribution in [0, 0.1) is 18.7 Å². The van der Waals surface area contributed by atoms with E-state index >= 15 is 4.39 Å². The number of aryl methyl sites for hydroxylation is 1. The third kappa shape index (κ3) is 4.21. The van der Waals surface area contributed by atoms with Gasteiger partial charge in [0.1, 0.15) is 29.2 Å². The molecule has 2 atom stereocenters. The number of rotatable bonds is 6. The van der Waals surface area contributed by atoms with E-state index in [2.05, 4.69) is 31.7 Å². The lowest BCUT2D eigenvalue weighted by Crippen LogP contribution is -2.57. The van der Waals surface area contributed by atoms with Crippen LogP contribution < -0.4 is 15.0 Å². The number of nitrogens with one attached hydrogen (secondary N) is 1. The van der Waals surface area contributed by atoms with E-state index < -0.39 is 5.82 Å². The summed E-state index contributed by atoms with van der Waals surface area (Å²) in [5, 5.41) is 3.11. The highest BCUT2D eigenvalue weighted by Crippen LogP contribution is 2.36. The summed E-state index contributed by atoms with van der Waals surface area (Å²) in [6, 6.07) is 12.9. The van der Waals surface area contributed by atoms with Gasteiger partial charge in [-0.2, -0.15) is 0 Å². The third-order valence-corrected chi connectivity index (χ3v) is 8.00. The van der Waals surface area contributed by atoms with Crippen molar-refractivity contribution in [3.05, 3.63) is 79.2 Å². The van der Waals surface area contributed by atoms with Crippen LogP contribution in [0.4, 0.5) is 21.7 Å². The normalized spacial score (nSPS) is 17.9. The number of hydrogen-bond acceptors (Lipinski definition) is 8. The first-order valence-electron chi connectivity index (χ1n) is 13.3. The van der Waals surface area contributed by atoms with Gasteiger partial charge in [-0.05, 0) is 49.4 Å². The van der Waals surface area contributed by atoms with E-state index in [4.69, 9.17) is 9.72 Å². The molecule has 2 aliphatic rings. The Bertz CT molecular complexity index is 1850. The van der Waals surface area contributed by atoms with Crippen LogP contribution in [0.25, 0.3) is 22.1 Å². The van der Waals surface area contributed by atoms with Crippen LogP contribution in [-0.4, -0.2) is 61.0 Å². The molecule has 11 heteroatoms. The predicted octanol–water partition coefficient (Wildman–Crippen LogP) is 4.73. The Labute approximate surface area is 235 Å².